The maximum Gasteiger partial charge on any atom is 0.472 e. The molecule has 0 radical (unpaired) electrons. The van der Waals surface area contributed by atoms with Crippen molar-refractivity contribution in [3.8, 4) is 0 Å². The number of nitrogens with zero attached hydrogens (tertiary/aromatic N) is 6. The first-order valence-electron chi connectivity index (χ1n) is 12.9. The van der Waals surface area contributed by atoms with Gasteiger partial charge in [0.25, 0.3) is 5.56 Å². The molecule has 0 aromatic carbocycles. The Morgan fingerprint density at radius 2 is 1.68 bits per heavy atom. The summed E-state index contributed by atoms with van der Waals surface area (Å²) in [6.45, 7) is -1.59. The first-order chi connectivity index (χ1) is 20.9. The largest absolute Gasteiger partial charge is 0.472 e. The summed E-state index contributed by atoms with van der Waals surface area (Å²) in [7, 11) is -10.1. The highest BCUT2D eigenvalue weighted by Gasteiger charge is 2.54. The lowest BCUT2D eigenvalue weighted by Gasteiger charge is -2.25. The van der Waals surface area contributed by atoms with Crippen molar-refractivity contribution < 1.29 is 56.7 Å². The average Bonchev–Trinajstić information content (AvgIpc) is 3.73. The fourth-order valence-electron chi connectivity index (χ4n) is 5.33. The third-order valence-corrected chi connectivity index (χ3v) is 9.32. The van der Waals surface area contributed by atoms with Crippen LogP contribution in [0.3, 0.4) is 0 Å². The summed E-state index contributed by atoms with van der Waals surface area (Å²) in [6.07, 6.45) is -7.33. The van der Waals surface area contributed by atoms with Crippen LogP contribution in [0.1, 0.15) is 18.0 Å². The number of ether oxygens (including phenoxy) is 2. The normalized spacial score (nSPS) is 38.3. The minimum absolute atomic E-state index is 0.0418. The number of nitrogens with two attached hydrogens (primary N) is 1. The van der Waals surface area contributed by atoms with Crippen molar-refractivity contribution in [2.45, 2.75) is 49.0 Å². The molecule has 0 spiro atoms. The van der Waals surface area contributed by atoms with Crippen molar-refractivity contribution in [2.24, 2.45) is 0 Å². The van der Waals surface area contributed by atoms with Crippen molar-refractivity contribution in [1.29, 1.82) is 0 Å². The van der Waals surface area contributed by atoms with Gasteiger partial charge in [-0.1, -0.05) is 0 Å². The molecule has 21 nitrogen and oxygen atoms in total. The van der Waals surface area contributed by atoms with Crippen molar-refractivity contribution >= 4 is 38.1 Å². The smallest absolute Gasteiger partial charge is 0.397 e. The molecule has 3 saturated heterocycles. The number of pyridine rings is 1. The van der Waals surface area contributed by atoms with E-state index in [1.165, 1.54) is 29.4 Å². The number of anilines is 1. The molecule has 4 aromatic rings. The summed E-state index contributed by atoms with van der Waals surface area (Å²) < 4.78 is 61.1. The van der Waals surface area contributed by atoms with E-state index in [-0.39, 0.29) is 17.0 Å². The van der Waals surface area contributed by atoms with Gasteiger partial charge in [-0.05, 0) is 6.07 Å². The van der Waals surface area contributed by atoms with E-state index in [2.05, 4.69) is 25.0 Å². The van der Waals surface area contributed by atoms with Crippen LogP contribution in [0.2, 0.25) is 0 Å². The second kappa shape index (κ2) is 10.7. The number of rotatable bonds is 2. The number of nitrogen functional groups attached to an aromatic ring is 1. The summed E-state index contributed by atoms with van der Waals surface area (Å²) >= 11 is 0. The van der Waals surface area contributed by atoms with Gasteiger partial charge in [0.1, 0.15) is 54.6 Å². The summed E-state index contributed by atoms with van der Waals surface area (Å²) in [6, 6.07) is 1.51. The summed E-state index contributed by atoms with van der Waals surface area (Å²) in [5.74, 6) is 0. The van der Waals surface area contributed by atoms with Crippen LogP contribution >= 0.6 is 15.6 Å². The number of imidazole rings is 2. The van der Waals surface area contributed by atoms with Gasteiger partial charge in [0.2, 0.25) is 5.65 Å². The van der Waals surface area contributed by atoms with Gasteiger partial charge in [-0.2, -0.15) is 5.10 Å². The molecule has 3 fully saturated rings. The van der Waals surface area contributed by atoms with Gasteiger partial charge < -0.3 is 40.2 Å². The summed E-state index contributed by atoms with van der Waals surface area (Å²) in [5.41, 5.74) is 6.03. The highest BCUT2D eigenvalue weighted by molar-refractivity contribution is 7.47. The number of hydrogen-bond acceptors (Lipinski definition) is 16. The highest BCUT2D eigenvalue weighted by Crippen LogP contribution is 2.54. The van der Waals surface area contributed by atoms with Crippen LogP contribution in [0.15, 0.2) is 35.9 Å². The molecule has 2 bridgehead atoms. The van der Waals surface area contributed by atoms with Crippen molar-refractivity contribution in [2.75, 3.05) is 18.9 Å². The Morgan fingerprint density at radius 3 is 2.45 bits per heavy atom. The number of aromatic nitrogens is 7. The van der Waals surface area contributed by atoms with Gasteiger partial charge in [-0.25, -0.2) is 28.6 Å². The Bertz CT molecular complexity index is 1880. The van der Waals surface area contributed by atoms with Gasteiger partial charge >= 0.3 is 15.6 Å². The van der Waals surface area contributed by atoms with Gasteiger partial charge in [-0.3, -0.25) is 27.5 Å². The number of H-pyrrole nitrogens is 1. The fourth-order valence-corrected chi connectivity index (χ4v) is 7.23. The first kappa shape index (κ1) is 29.5. The van der Waals surface area contributed by atoms with E-state index in [0.717, 1.165) is 10.8 Å². The Kier molecular flexibility index (Phi) is 7.20. The number of nitrogens with one attached hydrogen (secondary N) is 1. The summed E-state index contributed by atoms with van der Waals surface area (Å²) in [5, 5.41) is 26.1. The van der Waals surface area contributed by atoms with Gasteiger partial charge in [0.05, 0.1) is 37.1 Å². The number of hydrogen-bond donors (Lipinski definition) is 6. The Balaban J connectivity index is 1.20. The second-order valence-electron chi connectivity index (χ2n) is 10.1. The number of aliphatic hydroxyl groups excluding tert-OH is 2. The molecule has 2 unspecified atom stereocenters. The maximum atomic E-state index is 13.2. The lowest BCUT2D eigenvalue weighted by atomic mass is 10.1. The molecule has 7 heterocycles. The molecule has 0 saturated carbocycles. The van der Waals surface area contributed by atoms with Crippen LogP contribution < -0.4 is 11.3 Å². The zero-order valence-corrected chi connectivity index (χ0v) is 23.8. The molecular weight excluding hydrogens is 634 g/mol. The molecule has 3 aliphatic heterocycles. The predicted octanol–water partition coefficient (Wildman–Crippen LogP) is -1.48. The van der Waals surface area contributed by atoms with E-state index in [9.17, 15) is 33.9 Å². The molecule has 236 valence electrons. The zero-order chi connectivity index (χ0) is 31.0. The minimum atomic E-state index is -5.07. The van der Waals surface area contributed by atoms with Crippen molar-refractivity contribution in [1.82, 2.24) is 34.1 Å². The number of aliphatic hydroxyl groups is 2. The Labute approximate surface area is 244 Å². The maximum absolute atomic E-state index is 13.2. The third kappa shape index (κ3) is 5.06. The molecule has 4 aromatic heterocycles. The molecule has 0 amide bonds. The molecule has 3 aliphatic rings. The molecular formula is C21H24N8O13P2. The van der Waals surface area contributed by atoms with Crippen LogP contribution in [-0.4, -0.2) is 104 Å². The number of phosphoric acid groups is 2. The van der Waals surface area contributed by atoms with Gasteiger partial charge in [-0.15, -0.1) is 0 Å². The lowest BCUT2D eigenvalue weighted by molar-refractivity contribution is -0.0573. The monoisotopic (exact) mass is 658 g/mol. The van der Waals surface area contributed by atoms with Crippen LogP contribution in [0.4, 0.5) is 5.69 Å². The van der Waals surface area contributed by atoms with E-state index < -0.39 is 83.4 Å². The van der Waals surface area contributed by atoms with E-state index in [0.29, 0.717) is 11.2 Å². The van der Waals surface area contributed by atoms with E-state index in [4.69, 9.17) is 33.3 Å². The molecule has 44 heavy (non-hydrogen) atoms. The van der Waals surface area contributed by atoms with Crippen LogP contribution in [0.5, 0.6) is 0 Å². The zero-order valence-electron chi connectivity index (χ0n) is 22.0. The second-order valence-corrected chi connectivity index (χ2v) is 12.9. The predicted molar refractivity (Wildman–Crippen MR) is 140 cm³/mol. The van der Waals surface area contributed by atoms with Crippen molar-refractivity contribution in [3.63, 3.8) is 0 Å². The SMILES string of the molecule is Nc1ccnc2c1ncn2[C@@H]1O[C@@H]2COP(=O)(O)O[C@@H]3[C@H](O)[C@@H](COP(=O)(O)O[C@H]2[C@H]1O)O[C@H]3c1cnc2c(=O)[nH]cnn12. The molecule has 23 heteroatoms. The highest BCUT2D eigenvalue weighted by atomic mass is 31.2. The fraction of sp³-hybridized carbons (Fsp3) is 0.476. The third-order valence-electron chi connectivity index (χ3n) is 7.35. The standard InChI is InChI=1S/C21H24N8O13P2/c22-8-1-2-23-18-12(8)26-7-28(18)21-14(31)16-11(40-21)5-38-44(35,36)42-17-13(30)10(4-37-43(33,34)41-16)39-15(17)9-3-24-19-20(32)25-6-27-29(9)19/h1-3,6-7,10-11,13-17,21,30-31H,4-5H2,(H2,22,23)(H,33,34)(H,35,36)(H,25,27,32)/t10-,11-,13-,14-,15+,16-,17-,21-/m1/s1. The van der Waals surface area contributed by atoms with Crippen LogP contribution in [0.25, 0.3) is 16.8 Å². The quantitative estimate of drug-likeness (QED) is 0.134. The number of aromatic amines is 1. The Morgan fingerprint density at radius 1 is 0.955 bits per heavy atom. The van der Waals surface area contributed by atoms with Crippen LogP contribution in [-0.2, 0) is 36.7 Å². The lowest BCUT2D eigenvalue weighted by Crippen LogP contribution is -2.36. The average molecular weight is 658 g/mol. The Hall–Kier alpha value is -3.17. The van der Waals surface area contributed by atoms with Crippen molar-refractivity contribution in [3.05, 3.63) is 47.2 Å². The minimum Gasteiger partial charge on any atom is -0.397 e. The number of fused-ring (bicyclic) bond motifs is 5. The van der Waals surface area contributed by atoms with E-state index >= 15 is 0 Å². The summed E-state index contributed by atoms with van der Waals surface area (Å²) in [4.78, 5) is 48.0. The topological polar surface area (TPSA) is 290 Å². The van der Waals surface area contributed by atoms with Gasteiger partial charge in [0, 0.05) is 6.20 Å². The molecule has 10 atom stereocenters. The molecule has 7 N–H and O–H groups in total. The van der Waals surface area contributed by atoms with Gasteiger partial charge in [0.15, 0.2) is 11.9 Å². The van der Waals surface area contributed by atoms with E-state index in [1.54, 1.807) is 0 Å². The molecule has 7 rings (SSSR count). The van der Waals surface area contributed by atoms with Crippen LogP contribution in [0, 0.1) is 0 Å². The number of phosphoric ester groups is 2. The molecule has 0 aliphatic carbocycles. The first-order valence-corrected chi connectivity index (χ1v) is 15.9. The van der Waals surface area contributed by atoms with E-state index in [1.807, 2.05) is 0 Å².